The molecule has 1 aromatic rings. The largest absolute Gasteiger partial charge is 0.477 e. The van der Waals surface area contributed by atoms with Gasteiger partial charge in [0, 0.05) is 12.2 Å². The Hall–Kier alpha value is -1.98. The van der Waals surface area contributed by atoms with Gasteiger partial charge in [0.1, 0.15) is 0 Å². The Bertz CT molecular complexity index is 441. The molecule has 90 valence electrons. The summed E-state index contributed by atoms with van der Waals surface area (Å²) in [6, 6.07) is 1.42. The monoisotopic (exact) mass is 235 g/mol. The molecule has 0 bridgehead atoms. The lowest BCUT2D eigenvalue weighted by molar-refractivity contribution is 0.0690. The first-order chi connectivity index (χ1) is 8.16. The van der Waals surface area contributed by atoms with Crippen molar-refractivity contribution in [2.24, 2.45) is 0 Å². The lowest BCUT2D eigenvalue weighted by atomic mass is 10.2. The zero-order valence-corrected chi connectivity index (χ0v) is 9.22. The van der Waals surface area contributed by atoms with Gasteiger partial charge in [-0.2, -0.15) is 0 Å². The van der Waals surface area contributed by atoms with E-state index in [0.717, 1.165) is 25.7 Å². The number of hydrogen-bond donors (Lipinski definition) is 2. The van der Waals surface area contributed by atoms with Gasteiger partial charge in [0.05, 0.1) is 0 Å². The third-order valence-corrected chi connectivity index (χ3v) is 2.77. The van der Waals surface area contributed by atoms with E-state index in [4.69, 9.17) is 5.11 Å². The lowest BCUT2D eigenvalue weighted by Gasteiger charge is -2.10. The van der Waals surface area contributed by atoms with Crippen molar-refractivity contribution < 1.29 is 14.7 Å². The number of hydrogen-bond acceptors (Lipinski definition) is 4. The average molecular weight is 235 g/mol. The van der Waals surface area contributed by atoms with Gasteiger partial charge in [-0.3, -0.25) is 4.79 Å². The van der Waals surface area contributed by atoms with E-state index in [9.17, 15) is 9.59 Å². The molecule has 1 aliphatic carbocycles. The molecular formula is C11H13N3O3. The number of aromatic nitrogens is 2. The van der Waals surface area contributed by atoms with Crippen LogP contribution in [0.2, 0.25) is 0 Å². The molecule has 0 atom stereocenters. The molecule has 2 rings (SSSR count). The number of carbonyl (C=O) groups is 2. The average Bonchev–Trinajstić information content (AvgIpc) is 2.82. The van der Waals surface area contributed by atoms with Crippen LogP contribution in [0.4, 0.5) is 0 Å². The van der Waals surface area contributed by atoms with Crippen molar-refractivity contribution in [2.45, 2.75) is 31.7 Å². The highest BCUT2D eigenvalue weighted by molar-refractivity contribution is 5.92. The first kappa shape index (κ1) is 11.5. The molecule has 6 heteroatoms. The van der Waals surface area contributed by atoms with Gasteiger partial charge < -0.3 is 10.4 Å². The Morgan fingerprint density at radius 2 is 2.06 bits per heavy atom. The number of carboxylic acids is 1. The van der Waals surface area contributed by atoms with Crippen molar-refractivity contribution in [3.63, 3.8) is 0 Å². The van der Waals surface area contributed by atoms with Crippen LogP contribution < -0.4 is 5.32 Å². The van der Waals surface area contributed by atoms with Crippen molar-refractivity contribution in [1.29, 1.82) is 0 Å². The van der Waals surface area contributed by atoms with Crippen LogP contribution in [0.3, 0.4) is 0 Å². The fourth-order valence-corrected chi connectivity index (χ4v) is 1.91. The number of aromatic carboxylic acids is 1. The smallest absolute Gasteiger partial charge is 0.354 e. The molecule has 1 amide bonds. The summed E-state index contributed by atoms with van der Waals surface area (Å²) in [6.07, 6.45) is 5.43. The van der Waals surface area contributed by atoms with E-state index in [1.807, 2.05) is 0 Å². The normalized spacial score (nSPS) is 15.8. The Morgan fingerprint density at radius 3 is 2.71 bits per heavy atom. The van der Waals surface area contributed by atoms with Gasteiger partial charge in [-0.05, 0) is 18.9 Å². The maximum Gasteiger partial charge on any atom is 0.354 e. The molecule has 17 heavy (non-hydrogen) atoms. The van der Waals surface area contributed by atoms with E-state index in [-0.39, 0.29) is 17.6 Å². The van der Waals surface area contributed by atoms with Crippen LogP contribution in [-0.2, 0) is 0 Å². The van der Waals surface area contributed by atoms with Crippen molar-refractivity contribution in [1.82, 2.24) is 15.3 Å². The van der Waals surface area contributed by atoms with E-state index in [2.05, 4.69) is 15.3 Å². The van der Waals surface area contributed by atoms with E-state index < -0.39 is 11.9 Å². The first-order valence-electron chi connectivity index (χ1n) is 5.54. The van der Waals surface area contributed by atoms with Crippen molar-refractivity contribution in [2.75, 3.05) is 0 Å². The molecule has 1 saturated carbocycles. The summed E-state index contributed by atoms with van der Waals surface area (Å²) in [5, 5.41) is 11.6. The van der Waals surface area contributed by atoms with Crippen molar-refractivity contribution >= 4 is 11.9 Å². The van der Waals surface area contributed by atoms with E-state index in [0.29, 0.717) is 0 Å². The second-order valence-corrected chi connectivity index (χ2v) is 4.03. The van der Waals surface area contributed by atoms with E-state index in [1.54, 1.807) is 0 Å². The Kier molecular flexibility index (Phi) is 3.32. The summed E-state index contributed by atoms with van der Waals surface area (Å²) in [5.74, 6) is -1.65. The van der Waals surface area contributed by atoms with E-state index >= 15 is 0 Å². The highest BCUT2D eigenvalue weighted by atomic mass is 16.4. The second kappa shape index (κ2) is 4.90. The van der Waals surface area contributed by atoms with Crippen LogP contribution in [0, 0.1) is 0 Å². The van der Waals surface area contributed by atoms with Crippen molar-refractivity contribution in [3.8, 4) is 0 Å². The zero-order chi connectivity index (χ0) is 12.3. The summed E-state index contributed by atoms with van der Waals surface area (Å²) in [5.41, 5.74) is -0.170. The molecule has 1 aliphatic rings. The minimum atomic E-state index is -1.16. The van der Waals surface area contributed by atoms with Gasteiger partial charge in [0.25, 0.3) is 5.91 Å². The zero-order valence-electron chi connectivity index (χ0n) is 9.22. The summed E-state index contributed by atoms with van der Waals surface area (Å²) in [7, 11) is 0. The molecule has 2 N–H and O–H groups in total. The summed E-state index contributed by atoms with van der Waals surface area (Å²) < 4.78 is 0. The third-order valence-electron chi connectivity index (χ3n) is 2.77. The number of rotatable bonds is 3. The second-order valence-electron chi connectivity index (χ2n) is 4.03. The van der Waals surface area contributed by atoms with Crippen LogP contribution in [-0.4, -0.2) is 33.0 Å². The third kappa shape index (κ3) is 2.77. The summed E-state index contributed by atoms with van der Waals surface area (Å²) in [6.45, 7) is 0. The van der Waals surface area contributed by atoms with Crippen LogP contribution in [0.25, 0.3) is 0 Å². The van der Waals surface area contributed by atoms with Crippen LogP contribution >= 0.6 is 0 Å². The Morgan fingerprint density at radius 1 is 1.35 bits per heavy atom. The van der Waals surface area contributed by atoms with Gasteiger partial charge in [0.2, 0.25) is 5.82 Å². The van der Waals surface area contributed by atoms with Crippen molar-refractivity contribution in [3.05, 3.63) is 23.8 Å². The molecule has 0 aliphatic heterocycles. The van der Waals surface area contributed by atoms with E-state index in [1.165, 1.54) is 12.3 Å². The highest BCUT2D eigenvalue weighted by Crippen LogP contribution is 2.17. The van der Waals surface area contributed by atoms with Gasteiger partial charge >= 0.3 is 5.97 Å². The fraction of sp³-hybridized carbons (Fsp3) is 0.455. The molecule has 0 radical (unpaired) electrons. The maximum atomic E-state index is 11.7. The summed E-state index contributed by atoms with van der Waals surface area (Å²) >= 11 is 0. The fourth-order valence-electron chi connectivity index (χ4n) is 1.91. The molecule has 1 fully saturated rings. The number of carboxylic acid groups (broad SMARTS) is 1. The molecule has 6 nitrogen and oxygen atoms in total. The molecular weight excluding hydrogens is 222 g/mol. The molecule has 0 saturated heterocycles. The minimum Gasteiger partial charge on any atom is -0.477 e. The van der Waals surface area contributed by atoms with Gasteiger partial charge in [-0.15, -0.1) is 0 Å². The van der Waals surface area contributed by atoms with Crippen LogP contribution in [0.5, 0.6) is 0 Å². The first-order valence-corrected chi connectivity index (χ1v) is 5.54. The number of amides is 1. The summed E-state index contributed by atoms with van der Waals surface area (Å²) in [4.78, 5) is 29.9. The molecule has 0 unspecified atom stereocenters. The van der Waals surface area contributed by atoms with Crippen LogP contribution in [0.1, 0.15) is 46.8 Å². The van der Waals surface area contributed by atoms with Gasteiger partial charge in [-0.1, -0.05) is 12.8 Å². The topological polar surface area (TPSA) is 92.2 Å². The Balaban J connectivity index is 2.07. The maximum absolute atomic E-state index is 11.7. The van der Waals surface area contributed by atoms with Gasteiger partial charge in [-0.25, -0.2) is 14.8 Å². The molecule has 1 heterocycles. The number of nitrogens with zero attached hydrogens (tertiary/aromatic N) is 2. The SMILES string of the molecule is O=C(O)c1ccnc(C(=O)NC2CCCC2)n1. The minimum absolute atomic E-state index is 0.0863. The predicted molar refractivity (Wildman–Crippen MR) is 58.7 cm³/mol. The molecule has 0 aromatic carbocycles. The quantitative estimate of drug-likeness (QED) is 0.810. The molecule has 1 aromatic heterocycles. The van der Waals surface area contributed by atoms with Crippen LogP contribution in [0.15, 0.2) is 12.3 Å². The highest BCUT2D eigenvalue weighted by Gasteiger charge is 2.20. The van der Waals surface area contributed by atoms with Gasteiger partial charge in [0.15, 0.2) is 5.69 Å². The molecule has 0 spiro atoms. The number of carbonyl (C=O) groups excluding carboxylic acids is 1. The lowest BCUT2D eigenvalue weighted by Crippen LogP contribution is -2.34. The standard InChI is InChI=1S/C11H13N3O3/c15-10(13-7-3-1-2-4-7)9-12-6-5-8(14-9)11(16)17/h5-7H,1-4H2,(H,13,15)(H,16,17). The number of nitrogens with one attached hydrogen (secondary N) is 1. The Labute approximate surface area is 98.1 Å². The predicted octanol–water partition coefficient (Wildman–Crippen LogP) is 0.847.